The van der Waals surface area contributed by atoms with Crippen molar-refractivity contribution in [2.75, 3.05) is 13.1 Å². The van der Waals surface area contributed by atoms with Crippen LogP contribution < -0.4 is 0 Å². The second-order valence-electron chi connectivity index (χ2n) is 6.40. The van der Waals surface area contributed by atoms with Crippen molar-refractivity contribution in [3.63, 3.8) is 0 Å². The first-order valence-electron chi connectivity index (χ1n) is 8.62. The third kappa shape index (κ3) is 2.95. The van der Waals surface area contributed by atoms with E-state index >= 15 is 0 Å². The number of para-hydroxylation sites is 1. The van der Waals surface area contributed by atoms with Crippen molar-refractivity contribution in [1.29, 1.82) is 0 Å². The lowest BCUT2D eigenvalue weighted by Gasteiger charge is -2.34. The molecule has 2 aromatic heterocycles. The zero-order valence-electron chi connectivity index (χ0n) is 14.2. The predicted octanol–water partition coefficient (Wildman–Crippen LogP) is 2.85. The molecule has 1 aromatic carbocycles. The van der Waals surface area contributed by atoms with E-state index in [1.807, 2.05) is 60.7 Å². The van der Waals surface area contributed by atoms with Gasteiger partial charge in [0.15, 0.2) is 0 Å². The highest BCUT2D eigenvalue weighted by atomic mass is 16.2. The third-order valence-electron chi connectivity index (χ3n) is 4.83. The average molecular weight is 335 g/mol. The highest BCUT2D eigenvalue weighted by Crippen LogP contribution is 2.25. The summed E-state index contributed by atoms with van der Waals surface area (Å²) in [6.45, 7) is 3.51. The van der Waals surface area contributed by atoms with Crippen LogP contribution in [0.3, 0.4) is 0 Å². The van der Waals surface area contributed by atoms with Gasteiger partial charge in [-0.1, -0.05) is 12.1 Å². The first kappa shape index (κ1) is 15.6. The molecule has 0 bridgehead atoms. The molecule has 1 aliphatic heterocycles. The van der Waals surface area contributed by atoms with Gasteiger partial charge in [-0.15, -0.1) is 0 Å². The number of aromatic nitrogens is 4. The Bertz CT molecular complexity index is 868. The molecule has 128 valence electrons. The van der Waals surface area contributed by atoms with Crippen LogP contribution in [-0.2, 0) is 0 Å². The van der Waals surface area contributed by atoms with E-state index in [4.69, 9.17) is 0 Å². The van der Waals surface area contributed by atoms with E-state index in [0.29, 0.717) is 12.1 Å². The largest absolute Gasteiger partial charge is 0.337 e. The molecule has 0 radical (unpaired) electrons. The number of aryl methyl sites for hydroxylation is 1. The molecule has 3 aromatic rings. The zero-order chi connectivity index (χ0) is 17.2. The molecular weight excluding hydrogens is 314 g/mol. The Hall–Kier alpha value is -2.89. The van der Waals surface area contributed by atoms with Crippen molar-refractivity contribution in [3.05, 3.63) is 66.5 Å². The predicted molar refractivity (Wildman–Crippen MR) is 94.7 cm³/mol. The Balaban J connectivity index is 1.60. The van der Waals surface area contributed by atoms with E-state index in [1.54, 1.807) is 10.9 Å². The number of rotatable bonds is 3. The maximum Gasteiger partial charge on any atom is 0.256 e. The first-order chi connectivity index (χ1) is 12.2. The van der Waals surface area contributed by atoms with Crippen LogP contribution in [-0.4, -0.2) is 43.2 Å². The number of carbonyl (C=O) groups excluding carboxylic acids is 1. The summed E-state index contributed by atoms with van der Waals surface area (Å²) in [4.78, 5) is 19.4. The fourth-order valence-corrected chi connectivity index (χ4v) is 3.58. The number of hydrogen-bond acceptors (Lipinski definition) is 3. The van der Waals surface area contributed by atoms with Crippen molar-refractivity contribution in [1.82, 2.24) is 24.2 Å². The molecule has 25 heavy (non-hydrogen) atoms. The molecular formula is C19H21N5O. The summed E-state index contributed by atoms with van der Waals surface area (Å²) < 4.78 is 3.92. The van der Waals surface area contributed by atoms with Crippen LogP contribution in [0.1, 0.15) is 35.1 Å². The minimum atomic E-state index is 0.0635. The van der Waals surface area contributed by atoms with Gasteiger partial charge in [-0.25, -0.2) is 9.67 Å². The molecule has 6 nitrogen and oxygen atoms in total. The van der Waals surface area contributed by atoms with Crippen LogP contribution in [0.4, 0.5) is 0 Å². The molecule has 0 N–H and O–H groups in total. The first-order valence-corrected chi connectivity index (χ1v) is 8.62. The number of benzene rings is 1. The highest BCUT2D eigenvalue weighted by molar-refractivity contribution is 5.97. The van der Waals surface area contributed by atoms with E-state index < -0.39 is 0 Å². The normalized spacial score (nSPS) is 17.6. The second kappa shape index (κ2) is 6.55. The third-order valence-corrected chi connectivity index (χ3v) is 4.83. The lowest BCUT2D eigenvalue weighted by Crippen LogP contribution is -2.41. The molecule has 1 atom stereocenters. The summed E-state index contributed by atoms with van der Waals surface area (Å²) >= 11 is 0. The van der Waals surface area contributed by atoms with Gasteiger partial charge < -0.3 is 9.47 Å². The van der Waals surface area contributed by atoms with Crippen molar-refractivity contribution >= 4 is 5.91 Å². The molecule has 0 aliphatic carbocycles. The fourth-order valence-electron chi connectivity index (χ4n) is 3.58. The minimum Gasteiger partial charge on any atom is -0.337 e. The average Bonchev–Trinajstić information content (AvgIpc) is 3.33. The number of amides is 1. The van der Waals surface area contributed by atoms with Crippen LogP contribution in [0.2, 0.25) is 0 Å². The Morgan fingerprint density at radius 2 is 2.04 bits per heavy atom. The summed E-state index contributed by atoms with van der Waals surface area (Å²) in [6, 6.07) is 9.80. The fraction of sp³-hybridized carbons (Fsp3) is 0.316. The lowest BCUT2D eigenvalue weighted by molar-refractivity contribution is 0.0678. The van der Waals surface area contributed by atoms with Gasteiger partial charge in [-0.05, 0) is 38.0 Å². The van der Waals surface area contributed by atoms with Crippen LogP contribution in [0.25, 0.3) is 5.69 Å². The lowest BCUT2D eigenvalue weighted by atomic mass is 10.0. The Morgan fingerprint density at radius 3 is 2.80 bits per heavy atom. The standard InChI is InChI=1S/C19H21N5O/c1-15-20-10-13-23(15)16-6-4-11-22(14-16)19(25)17-7-2-3-8-18(17)24-12-5-9-21-24/h2-3,5,7-10,12-13,16H,4,6,11,14H2,1H3/t16-/m1/s1. The van der Waals surface area contributed by atoms with Gasteiger partial charge in [0.25, 0.3) is 5.91 Å². The van der Waals surface area contributed by atoms with Crippen molar-refractivity contribution in [2.24, 2.45) is 0 Å². The van der Waals surface area contributed by atoms with Gasteiger partial charge in [-0.2, -0.15) is 5.10 Å². The summed E-state index contributed by atoms with van der Waals surface area (Å²) in [5.74, 6) is 1.06. The van der Waals surface area contributed by atoms with E-state index in [-0.39, 0.29) is 11.9 Å². The van der Waals surface area contributed by atoms with Crippen molar-refractivity contribution < 1.29 is 4.79 Å². The summed E-state index contributed by atoms with van der Waals surface area (Å²) in [7, 11) is 0. The number of carbonyl (C=O) groups is 1. The monoisotopic (exact) mass is 335 g/mol. The van der Waals surface area contributed by atoms with Crippen LogP contribution in [0.15, 0.2) is 55.1 Å². The van der Waals surface area contributed by atoms with Gasteiger partial charge in [0.1, 0.15) is 5.82 Å². The van der Waals surface area contributed by atoms with E-state index in [1.165, 1.54) is 0 Å². The second-order valence-corrected chi connectivity index (χ2v) is 6.40. The highest BCUT2D eigenvalue weighted by Gasteiger charge is 2.27. The van der Waals surface area contributed by atoms with E-state index in [2.05, 4.69) is 14.6 Å². The van der Waals surface area contributed by atoms with Crippen molar-refractivity contribution in [3.8, 4) is 5.69 Å². The molecule has 0 saturated carbocycles. The minimum absolute atomic E-state index is 0.0635. The van der Waals surface area contributed by atoms with Gasteiger partial charge in [0.05, 0.1) is 17.3 Å². The number of piperidine rings is 1. The Labute approximate surface area is 146 Å². The zero-order valence-corrected chi connectivity index (χ0v) is 14.2. The SMILES string of the molecule is Cc1nccn1[C@@H]1CCCN(C(=O)c2ccccc2-n2cccn2)C1. The van der Waals surface area contributed by atoms with Gasteiger partial charge >= 0.3 is 0 Å². The quantitative estimate of drug-likeness (QED) is 0.739. The van der Waals surface area contributed by atoms with Crippen molar-refractivity contribution in [2.45, 2.75) is 25.8 Å². The maximum atomic E-state index is 13.2. The van der Waals surface area contributed by atoms with E-state index in [0.717, 1.165) is 30.9 Å². The number of hydrogen-bond donors (Lipinski definition) is 0. The molecule has 1 aliphatic rings. The Morgan fingerprint density at radius 1 is 1.16 bits per heavy atom. The molecule has 4 rings (SSSR count). The topological polar surface area (TPSA) is 56.0 Å². The van der Waals surface area contributed by atoms with Crippen LogP contribution in [0.5, 0.6) is 0 Å². The molecule has 3 heterocycles. The summed E-state index contributed by atoms with van der Waals surface area (Å²) in [5.41, 5.74) is 1.51. The number of likely N-dealkylation sites (tertiary alicyclic amines) is 1. The molecule has 1 fully saturated rings. The van der Waals surface area contributed by atoms with Gasteiger partial charge in [0.2, 0.25) is 0 Å². The molecule has 0 spiro atoms. The molecule has 1 saturated heterocycles. The summed E-state index contributed by atoms with van der Waals surface area (Å²) in [5, 5.41) is 4.28. The van der Waals surface area contributed by atoms with Crippen LogP contribution >= 0.6 is 0 Å². The van der Waals surface area contributed by atoms with E-state index in [9.17, 15) is 4.79 Å². The summed E-state index contributed by atoms with van der Waals surface area (Å²) in [6.07, 6.45) is 9.48. The maximum absolute atomic E-state index is 13.2. The molecule has 1 amide bonds. The van der Waals surface area contributed by atoms with Gasteiger partial charge in [0, 0.05) is 37.9 Å². The smallest absolute Gasteiger partial charge is 0.256 e. The Kier molecular flexibility index (Phi) is 4.09. The molecule has 0 unspecified atom stereocenters. The number of imidazole rings is 1. The molecule has 6 heteroatoms. The van der Waals surface area contributed by atoms with Gasteiger partial charge in [-0.3, -0.25) is 4.79 Å². The number of nitrogens with zero attached hydrogens (tertiary/aromatic N) is 5. The van der Waals surface area contributed by atoms with Crippen LogP contribution in [0, 0.1) is 6.92 Å².